The Morgan fingerprint density at radius 2 is 1.84 bits per heavy atom. The Kier molecular flexibility index (Phi) is 3.34. The van der Waals surface area contributed by atoms with Crippen LogP contribution in [0.3, 0.4) is 0 Å². The Labute approximate surface area is 139 Å². The lowest BCUT2D eigenvalue weighted by atomic mass is 10.1. The van der Waals surface area contributed by atoms with Crippen molar-refractivity contribution in [3.8, 4) is 0 Å². The molecule has 4 rings (SSSR count). The van der Waals surface area contributed by atoms with Crippen LogP contribution >= 0.6 is 0 Å². The number of carbonyl (C=O) groups excluding carboxylic acids is 1. The molecule has 0 spiro atoms. The van der Waals surface area contributed by atoms with Gasteiger partial charge in [0, 0.05) is 11.9 Å². The van der Waals surface area contributed by atoms with Gasteiger partial charge in [-0.3, -0.25) is 0 Å². The number of fused-ring (bicyclic) bond motifs is 1. The summed E-state index contributed by atoms with van der Waals surface area (Å²) in [5.41, 5.74) is 1.64. The van der Waals surface area contributed by atoms with Crippen molar-refractivity contribution in [2.75, 3.05) is 0 Å². The topological polar surface area (TPSA) is 59.8 Å². The van der Waals surface area contributed by atoms with Crippen LogP contribution in [0.4, 0.5) is 18.0 Å². The van der Waals surface area contributed by atoms with Gasteiger partial charge in [-0.25, -0.2) is 9.36 Å². The van der Waals surface area contributed by atoms with Crippen LogP contribution in [0.5, 0.6) is 0 Å². The molecule has 126 valence electrons. The van der Waals surface area contributed by atoms with Gasteiger partial charge in [-0.1, -0.05) is 18.2 Å². The molecule has 0 aliphatic heterocycles. The monoisotopic (exact) mass is 344 g/mol. The van der Waals surface area contributed by atoms with Crippen LogP contribution in [-0.2, 0) is 12.7 Å². The number of hydrogen-bond acceptors (Lipinski definition) is 3. The predicted octanol–water partition coefficient (Wildman–Crippen LogP) is 3.80. The molecule has 5 nitrogen and oxygen atoms in total. The molecule has 0 saturated heterocycles. The second kappa shape index (κ2) is 5.44. The summed E-state index contributed by atoms with van der Waals surface area (Å²) in [6.45, 7) is 0.104. The number of nitrogens with zero attached hydrogens (tertiary/aromatic N) is 3. The summed E-state index contributed by atoms with van der Waals surface area (Å²) in [5.74, 6) is 0. The van der Waals surface area contributed by atoms with Crippen molar-refractivity contribution >= 4 is 28.1 Å². The first kappa shape index (κ1) is 15.4. The van der Waals surface area contributed by atoms with Gasteiger partial charge in [0.15, 0.2) is 5.65 Å². The third-order valence-electron chi connectivity index (χ3n) is 3.99. The van der Waals surface area contributed by atoms with E-state index in [1.165, 1.54) is 16.7 Å². The second-order valence-electron chi connectivity index (χ2n) is 5.60. The lowest BCUT2D eigenvalue weighted by Crippen LogP contribution is -2.28. The van der Waals surface area contributed by atoms with E-state index >= 15 is 0 Å². The Balaban J connectivity index is 1.55. The van der Waals surface area contributed by atoms with Gasteiger partial charge in [0.05, 0.1) is 16.6 Å². The number of rotatable bonds is 2. The average Bonchev–Trinajstić information content (AvgIpc) is 2.94. The standard InChI is InChI=1S/C17H11F3N4O/c18-17(19,20)11-6-4-10(5-7-11)9-21-16(25)24-14-3-1-2-13-12(14)8-15(24)23-22-13/h1-8H,9H2,(H,21,25). The van der Waals surface area contributed by atoms with Crippen molar-refractivity contribution in [1.29, 1.82) is 0 Å². The summed E-state index contributed by atoms with van der Waals surface area (Å²) >= 11 is 0. The molecule has 0 atom stereocenters. The molecule has 8 heteroatoms. The van der Waals surface area contributed by atoms with Crippen LogP contribution in [0.25, 0.3) is 22.1 Å². The molecule has 0 aliphatic carbocycles. The SMILES string of the molecule is O=C(NCc1ccc(C(F)(F)F)cc1)n1c2cc3c(cccc31)nn2. The van der Waals surface area contributed by atoms with Gasteiger partial charge in [0.25, 0.3) is 0 Å². The van der Waals surface area contributed by atoms with Gasteiger partial charge < -0.3 is 5.32 Å². The Hall–Kier alpha value is -3.16. The number of halogens is 3. The van der Waals surface area contributed by atoms with Gasteiger partial charge in [-0.05, 0) is 35.9 Å². The predicted molar refractivity (Wildman–Crippen MR) is 85.3 cm³/mol. The number of nitrogens with one attached hydrogen (secondary N) is 1. The maximum atomic E-state index is 12.6. The molecule has 0 saturated carbocycles. The highest BCUT2D eigenvalue weighted by Crippen LogP contribution is 2.29. The third kappa shape index (κ3) is 2.65. The van der Waals surface area contributed by atoms with E-state index in [2.05, 4.69) is 15.5 Å². The van der Waals surface area contributed by atoms with Crippen LogP contribution in [0, 0.1) is 0 Å². The quantitative estimate of drug-likeness (QED) is 0.602. The van der Waals surface area contributed by atoms with E-state index in [-0.39, 0.29) is 6.54 Å². The minimum atomic E-state index is -4.38. The molecule has 0 fully saturated rings. The second-order valence-corrected chi connectivity index (χ2v) is 5.60. The van der Waals surface area contributed by atoms with Crippen LogP contribution in [-0.4, -0.2) is 20.8 Å². The normalized spacial score (nSPS) is 12.1. The summed E-state index contributed by atoms with van der Waals surface area (Å²) in [7, 11) is 0. The van der Waals surface area contributed by atoms with E-state index in [9.17, 15) is 18.0 Å². The van der Waals surface area contributed by atoms with E-state index in [4.69, 9.17) is 0 Å². The molecule has 0 radical (unpaired) electrons. The Morgan fingerprint density at radius 3 is 2.56 bits per heavy atom. The highest BCUT2D eigenvalue weighted by atomic mass is 19.4. The number of carbonyl (C=O) groups is 1. The van der Waals surface area contributed by atoms with Crippen molar-refractivity contribution in [1.82, 2.24) is 20.1 Å². The zero-order chi connectivity index (χ0) is 17.6. The maximum absolute atomic E-state index is 12.6. The van der Waals surface area contributed by atoms with E-state index in [0.29, 0.717) is 22.2 Å². The van der Waals surface area contributed by atoms with Crippen LogP contribution in [0.15, 0.2) is 48.5 Å². The summed E-state index contributed by atoms with van der Waals surface area (Å²) in [6, 6.07) is 11.4. The molecular formula is C17H11F3N4O. The molecular weight excluding hydrogens is 333 g/mol. The Bertz CT molecular complexity index is 1050. The number of benzene rings is 2. The third-order valence-corrected chi connectivity index (χ3v) is 3.99. The first-order valence-electron chi connectivity index (χ1n) is 7.44. The van der Waals surface area contributed by atoms with Gasteiger partial charge >= 0.3 is 12.2 Å². The highest BCUT2D eigenvalue weighted by molar-refractivity contribution is 6.04. The minimum absolute atomic E-state index is 0.104. The fraction of sp³-hybridized carbons (Fsp3) is 0.118. The molecule has 2 aromatic heterocycles. The number of hydrogen-bond donors (Lipinski definition) is 1. The molecule has 1 amide bonds. The van der Waals surface area contributed by atoms with E-state index in [1.54, 1.807) is 24.3 Å². The smallest absolute Gasteiger partial charge is 0.333 e. The van der Waals surface area contributed by atoms with Gasteiger partial charge in [-0.2, -0.15) is 13.2 Å². The highest BCUT2D eigenvalue weighted by Gasteiger charge is 2.29. The fourth-order valence-corrected chi connectivity index (χ4v) is 2.75. The van der Waals surface area contributed by atoms with Crippen LogP contribution in [0.2, 0.25) is 0 Å². The van der Waals surface area contributed by atoms with E-state index in [1.807, 2.05) is 0 Å². The van der Waals surface area contributed by atoms with Gasteiger partial charge in [-0.15, -0.1) is 10.2 Å². The Morgan fingerprint density at radius 1 is 1.08 bits per heavy atom. The molecule has 0 aliphatic rings. The largest absolute Gasteiger partial charge is 0.416 e. The van der Waals surface area contributed by atoms with Gasteiger partial charge in [0.1, 0.15) is 0 Å². The average molecular weight is 344 g/mol. The zero-order valence-corrected chi connectivity index (χ0v) is 12.7. The number of aromatic nitrogens is 3. The molecule has 2 aromatic carbocycles. The number of amides is 1. The van der Waals surface area contributed by atoms with Crippen molar-refractivity contribution in [3.05, 3.63) is 59.7 Å². The molecule has 2 bridgehead atoms. The van der Waals surface area contributed by atoms with Crippen LogP contribution < -0.4 is 5.32 Å². The molecule has 1 N–H and O–H groups in total. The van der Waals surface area contributed by atoms with Crippen molar-refractivity contribution < 1.29 is 18.0 Å². The summed E-state index contributed by atoms with van der Waals surface area (Å²) in [6.07, 6.45) is -4.38. The van der Waals surface area contributed by atoms with Crippen molar-refractivity contribution in [2.45, 2.75) is 12.7 Å². The maximum Gasteiger partial charge on any atom is 0.416 e. The van der Waals surface area contributed by atoms with Crippen LogP contribution in [0.1, 0.15) is 11.1 Å². The van der Waals surface area contributed by atoms with Gasteiger partial charge in [0.2, 0.25) is 0 Å². The summed E-state index contributed by atoms with van der Waals surface area (Å²) in [4.78, 5) is 12.5. The zero-order valence-electron chi connectivity index (χ0n) is 12.7. The van der Waals surface area contributed by atoms with Crippen molar-refractivity contribution in [2.24, 2.45) is 0 Å². The lowest BCUT2D eigenvalue weighted by Gasteiger charge is -2.09. The summed E-state index contributed by atoms with van der Waals surface area (Å²) < 4.78 is 39.1. The summed E-state index contributed by atoms with van der Waals surface area (Å²) in [5, 5.41) is 11.6. The lowest BCUT2D eigenvalue weighted by molar-refractivity contribution is -0.137. The first-order chi connectivity index (χ1) is 11.9. The molecule has 25 heavy (non-hydrogen) atoms. The molecule has 2 heterocycles. The fourth-order valence-electron chi connectivity index (χ4n) is 2.75. The first-order valence-corrected chi connectivity index (χ1v) is 7.44. The van der Waals surface area contributed by atoms with Crippen molar-refractivity contribution in [3.63, 3.8) is 0 Å². The molecule has 4 aromatic rings. The minimum Gasteiger partial charge on any atom is -0.333 e. The van der Waals surface area contributed by atoms with E-state index < -0.39 is 17.8 Å². The molecule has 0 unspecified atom stereocenters. The van der Waals surface area contributed by atoms with E-state index in [0.717, 1.165) is 17.5 Å². The number of alkyl halides is 3.